The molecule has 6 heteroatoms. The number of piperidine rings is 1. The van der Waals surface area contributed by atoms with Crippen molar-refractivity contribution in [1.82, 2.24) is 4.90 Å². The third kappa shape index (κ3) is 2.92. The third-order valence-corrected chi connectivity index (χ3v) is 4.64. The maximum atomic E-state index is 12.2. The quantitative estimate of drug-likeness (QED) is 0.782. The van der Waals surface area contributed by atoms with E-state index in [0.29, 0.717) is 18.0 Å². The minimum absolute atomic E-state index is 0.000645. The second-order valence-electron chi connectivity index (χ2n) is 4.22. The molecule has 0 aliphatic carbocycles. The Balaban J connectivity index is 2.05. The summed E-state index contributed by atoms with van der Waals surface area (Å²) in [6.07, 6.45) is 1.64. The minimum atomic E-state index is -0.222. The molecule has 4 nitrogen and oxygen atoms in total. The fourth-order valence-electron chi connectivity index (χ4n) is 2.11. The number of ether oxygens (including phenoxy) is 1. The van der Waals surface area contributed by atoms with Gasteiger partial charge in [-0.25, -0.2) is 0 Å². The number of nitrogens with zero attached hydrogens (tertiary/aromatic N) is 1. The maximum Gasteiger partial charge on any atom is 0.310 e. The van der Waals surface area contributed by atoms with Gasteiger partial charge in [0.15, 0.2) is 0 Å². The summed E-state index contributed by atoms with van der Waals surface area (Å²) in [5.41, 5.74) is 0. The second kappa shape index (κ2) is 5.84. The SMILES string of the molecule is COC(=O)[C@H]1CCCN(C(=O)c2ccc(Br)s2)C1. The first-order valence-corrected chi connectivity index (χ1v) is 7.35. The lowest BCUT2D eigenvalue weighted by Crippen LogP contribution is -2.42. The normalized spacial score (nSPS) is 19.7. The monoisotopic (exact) mass is 331 g/mol. The van der Waals surface area contributed by atoms with Gasteiger partial charge < -0.3 is 9.64 Å². The van der Waals surface area contributed by atoms with Crippen molar-refractivity contribution in [3.05, 3.63) is 20.8 Å². The smallest absolute Gasteiger partial charge is 0.310 e. The van der Waals surface area contributed by atoms with Crippen LogP contribution in [-0.4, -0.2) is 37.0 Å². The van der Waals surface area contributed by atoms with Gasteiger partial charge in [-0.15, -0.1) is 11.3 Å². The Bertz CT molecular complexity index is 460. The fourth-order valence-corrected chi connectivity index (χ4v) is 3.46. The van der Waals surface area contributed by atoms with Crippen molar-refractivity contribution in [3.8, 4) is 0 Å². The fraction of sp³-hybridized carbons (Fsp3) is 0.500. The molecule has 1 saturated heterocycles. The molecule has 0 aromatic carbocycles. The van der Waals surface area contributed by atoms with E-state index in [1.807, 2.05) is 6.07 Å². The number of carbonyl (C=O) groups is 2. The first kappa shape index (κ1) is 13.5. The van der Waals surface area contributed by atoms with E-state index in [1.165, 1.54) is 18.4 Å². The molecule has 0 spiro atoms. The summed E-state index contributed by atoms with van der Waals surface area (Å²) in [6, 6.07) is 3.67. The number of amides is 1. The van der Waals surface area contributed by atoms with Gasteiger partial charge in [0.25, 0.3) is 5.91 Å². The Morgan fingerprint density at radius 2 is 2.28 bits per heavy atom. The van der Waals surface area contributed by atoms with Crippen LogP contribution in [0.2, 0.25) is 0 Å². The molecular formula is C12H14BrNO3S. The number of thiophene rings is 1. The summed E-state index contributed by atoms with van der Waals surface area (Å²) in [4.78, 5) is 26.2. The van der Waals surface area contributed by atoms with Gasteiger partial charge in [0.2, 0.25) is 0 Å². The van der Waals surface area contributed by atoms with Crippen LogP contribution in [-0.2, 0) is 9.53 Å². The molecule has 1 aliphatic rings. The molecule has 2 heterocycles. The van der Waals surface area contributed by atoms with E-state index in [1.54, 1.807) is 11.0 Å². The summed E-state index contributed by atoms with van der Waals surface area (Å²) in [6.45, 7) is 1.17. The van der Waals surface area contributed by atoms with Gasteiger partial charge in [-0.05, 0) is 40.9 Å². The highest BCUT2D eigenvalue weighted by Crippen LogP contribution is 2.25. The molecule has 1 aromatic rings. The van der Waals surface area contributed by atoms with Gasteiger partial charge in [0, 0.05) is 13.1 Å². The summed E-state index contributed by atoms with van der Waals surface area (Å²) in [7, 11) is 1.39. The molecule has 0 radical (unpaired) electrons. The minimum Gasteiger partial charge on any atom is -0.469 e. The van der Waals surface area contributed by atoms with Crippen molar-refractivity contribution in [1.29, 1.82) is 0 Å². The Morgan fingerprint density at radius 3 is 2.89 bits per heavy atom. The molecule has 0 unspecified atom stereocenters. The van der Waals surface area contributed by atoms with Crippen molar-refractivity contribution in [2.24, 2.45) is 5.92 Å². The number of halogens is 1. The van der Waals surface area contributed by atoms with Gasteiger partial charge in [-0.1, -0.05) is 0 Å². The number of rotatable bonds is 2. The van der Waals surface area contributed by atoms with Crippen LogP contribution in [0.4, 0.5) is 0 Å². The molecule has 0 bridgehead atoms. The highest BCUT2D eigenvalue weighted by atomic mass is 79.9. The lowest BCUT2D eigenvalue weighted by molar-refractivity contribution is -0.146. The number of likely N-dealkylation sites (tertiary alicyclic amines) is 1. The van der Waals surface area contributed by atoms with Crippen LogP contribution in [0.1, 0.15) is 22.5 Å². The van der Waals surface area contributed by atoms with E-state index in [-0.39, 0.29) is 17.8 Å². The van der Waals surface area contributed by atoms with Gasteiger partial charge in [-0.2, -0.15) is 0 Å². The number of carbonyl (C=O) groups excluding carboxylic acids is 2. The van der Waals surface area contributed by atoms with Crippen LogP contribution in [0.15, 0.2) is 15.9 Å². The topological polar surface area (TPSA) is 46.6 Å². The van der Waals surface area contributed by atoms with E-state index in [2.05, 4.69) is 15.9 Å². The van der Waals surface area contributed by atoms with E-state index in [4.69, 9.17) is 4.74 Å². The van der Waals surface area contributed by atoms with Crippen LogP contribution in [0.3, 0.4) is 0 Å². The van der Waals surface area contributed by atoms with Crippen molar-refractivity contribution < 1.29 is 14.3 Å². The van der Waals surface area contributed by atoms with Crippen LogP contribution in [0, 0.1) is 5.92 Å². The van der Waals surface area contributed by atoms with E-state index in [9.17, 15) is 9.59 Å². The summed E-state index contributed by atoms with van der Waals surface area (Å²) in [5, 5.41) is 0. The Labute approximate surface area is 118 Å². The number of methoxy groups -OCH3 is 1. The molecule has 0 saturated carbocycles. The molecule has 98 valence electrons. The van der Waals surface area contributed by atoms with Gasteiger partial charge in [0.05, 0.1) is 21.7 Å². The van der Waals surface area contributed by atoms with Crippen LogP contribution in [0.25, 0.3) is 0 Å². The largest absolute Gasteiger partial charge is 0.469 e. The third-order valence-electron chi connectivity index (χ3n) is 3.03. The van der Waals surface area contributed by atoms with Gasteiger partial charge in [-0.3, -0.25) is 9.59 Å². The average Bonchev–Trinajstić information content (AvgIpc) is 2.83. The molecule has 1 aromatic heterocycles. The molecule has 0 N–H and O–H groups in total. The molecule has 1 fully saturated rings. The zero-order valence-corrected chi connectivity index (χ0v) is 12.4. The number of hydrogen-bond donors (Lipinski definition) is 0. The molecule has 2 rings (SSSR count). The zero-order valence-electron chi connectivity index (χ0n) is 10.0. The van der Waals surface area contributed by atoms with Crippen LogP contribution >= 0.6 is 27.3 Å². The summed E-state index contributed by atoms with van der Waals surface area (Å²) in [5.74, 6) is -0.407. The number of hydrogen-bond acceptors (Lipinski definition) is 4. The van der Waals surface area contributed by atoms with Crippen LogP contribution < -0.4 is 0 Å². The Morgan fingerprint density at radius 1 is 1.50 bits per heavy atom. The van der Waals surface area contributed by atoms with E-state index < -0.39 is 0 Å². The lowest BCUT2D eigenvalue weighted by atomic mass is 9.98. The van der Waals surface area contributed by atoms with E-state index >= 15 is 0 Å². The zero-order chi connectivity index (χ0) is 13.1. The highest BCUT2D eigenvalue weighted by molar-refractivity contribution is 9.11. The van der Waals surface area contributed by atoms with Crippen molar-refractivity contribution in [2.75, 3.05) is 20.2 Å². The second-order valence-corrected chi connectivity index (χ2v) is 6.68. The van der Waals surface area contributed by atoms with Crippen LogP contribution in [0.5, 0.6) is 0 Å². The molecular weight excluding hydrogens is 318 g/mol. The predicted octanol–water partition coefficient (Wildman–Crippen LogP) is 2.54. The maximum absolute atomic E-state index is 12.2. The van der Waals surface area contributed by atoms with Crippen molar-refractivity contribution in [2.45, 2.75) is 12.8 Å². The lowest BCUT2D eigenvalue weighted by Gasteiger charge is -2.31. The Kier molecular flexibility index (Phi) is 4.40. The average molecular weight is 332 g/mol. The van der Waals surface area contributed by atoms with E-state index in [0.717, 1.165) is 16.6 Å². The molecule has 1 amide bonds. The Hall–Kier alpha value is -0.880. The predicted molar refractivity (Wildman–Crippen MR) is 72.7 cm³/mol. The molecule has 1 aliphatic heterocycles. The number of esters is 1. The highest BCUT2D eigenvalue weighted by Gasteiger charge is 2.29. The van der Waals surface area contributed by atoms with Gasteiger partial charge in [0.1, 0.15) is 0 Å². The first-order valence-electron chi connectivity index (χ1n) is 5.74. The molecule has 18 heavy (non-hydrogen) atoms. The first-order chi connectivity index (χ1) is 8.61. The van der Waals surface area contributed by atoms with Gasteiger partial charge >= 0.3 is 5.97 Å². The molecule has 1 atom stereocenters. The summed E-state index contributed by atoms with van der Waals surface area (Å²) < 4.78 is 5.68. The van der Waals surface area contributed by atoms with Crippen molar-refractivity contribution in [3.63, 3.8) is 0 Å². The standard InChI is InChI=1S/C12H14BrNO3S/c1-17-12(16)8-3-2-6-14(7-8)11(15)9-4-5-10(13)18-9/h4-5,8H,2-3,6-7H2,1H3/t8-/m0/s1. The summed E-state index contributed by atoms with van der Waals surface area (Å²) >= 11 is 4.76. The van der Waals surface area contributed by atoms with Crippen molar-refractivity contribution >= 4 is 39.1 Å².